The van der Waals surface area contributed by atoms with E-state index < -0.39 is 5.67 Å². The number of hydrogen-bond acceptors (Lipinski definition) is 0. The third-order valence-electron chi connectivity index (χ3n) is 3.51. The number of alkyl halides is 1. The fourth-order valence-electron chi connectivity index (χ4n) is 1.99. The lowest BCUT2D eigenvalue weighted by Gasteiger charge is -2.48. The van der Waals surface area contributed by atoms with Gasteiger partial charge in [-0.25, -0.2) is 4.39 Å². The largest absolute Gasteiger partial charge is 0.239 e. The van der Waals surface area contributed by atoms with Crippen molar-refractivity contribution in [3.05, 3.63) is 36.5 Å². The Bertz CT molecular complexity index is 322. The van der Waals surface area contributed by atoms with E-state index in [1.807, 2.05) is 13.0 Å². The quantitative estimate of drug-likeness (QED) is 0.599. The first-order valence-electron chi connectivity index (χ1n) is 5.87. The van der Waals surface area contributed by atoms with Crippen molar-refractivity contribution in [2.24, 2.45) is 11.3 Å². The van der Waals surface area contributed by atoms with Gasteiger partial charge in [0, 0.05) is 0 Å². The summed E-state index contributed by atoms with van der Waals surface area (Å²) in [5.41, 5.74) is 0.546. The van der Waals surface area contributed by atoms with Gasteiger partial charge in [0.1, 0.15) is 5.67 Å². The molecule has 0 atom stereocenters. The maximum Gasteiger partial charge on any atom is 0.136 e. The zero-order chi connectivity index (χ0) is 12.6. The average Bonchev–Trinajstić information content (AvgIpc) is 2.07. The highest BCUT2D eigenvalue weighted by molar-refractivity contribution is 5.33. The molecule has 0 aromatic rings. The maximum atomic E-state index is 14.4. The Labute approximate surface area is 98.9 Å². The molecule has 0 radical (unpaired) electrons. The predicted molar refractivity (Wildman–Crippen MR) is 69.1 cm³/mol. The predicted octanol–water partition coefficient (Wildman–Crippen LogP) is 4.84. The molecule has 1 saturated carbocycles. The number of halogens is 1. The summed E-state index contributed by atoms with van der Waals surface area (Å²) in [6.07, 6.45) is 4.81. The lowest BCUT2D eigenvalue weighted by molar-refractivity contribution is -0.0131. The second kappa shape index (κ2) is 4.20. The first-order valence-corrected chi connectivity index (χ1v) is 5.87. The molecule has 90 valence electrons. The van der Waals surface area contributed by atoms with E-state index in [0.29, 0.717) is 24.3 Å². The van der Waals surface area contributed by atoms with Gasteiger partial charge in [-0.3, -0.25) is 0 Å². The molecule has 0 aromatic heterocycles. The van der Waals surface area contributed by atoms with Crippen LogP contribution in [-0.2, 0) is 0 Å². The van der Waals surface area contributed by atoms with E-state index >= 15 is 0 Å². The maximum absolute atomic E-state index is 14.4. The summed E-state index contributed by atoms with van der Waals surface area (Å²) >= 11 is 0. The van der Waals surface area contributed by atoms with Gasteiger partial charge in [0.25, 0.3) is 0 Å². The monoisotopic (exact) mass is 222 g/mol. The fourth-order valence-corrected chi connectivity index (χ4v) is 1.99. The molecule has 0 heterocycles. The summed E-state index contributed by atoms with van der Waals surface area (Å²) in [6, 6.07) is 0. The summed E-state index contributed by atoms with van der Waals surface area (Å²) in [5, 5.41) is 0. The second-order valence-electron chi connectivity index (χ2n) is 6.14. The van der Waals surface area contributed by atoms with Crippen molar-refractivity contribution < 1.29 is 4.39 Å². The van der Waals surface area contributed by atoms with Crippen molar-refractivity contribution in [3.63, 3.8) is 0 Å². The van der Waals surface area contributed by atoms with Gasteiger partial charge < -0.3 is 0 Å². The Hall–Kier alpha value is -0.850. The first-order chi connectivity index (χ1) is 7.15. The molecule has 0 spiro atoms. The SMILES string of the molecule is C=C(C)/C=C\C(=C)C1(F)CC(C(C)(C)C)C1. The summed E-state index contributed by atoms with van der Waals surface area (Å²) < 4.78 is 14.4. The second-order valence-corrected chi connectivity index (χ2v) is 6.14. The van der Waals surface area contributed by atoms with E-state index in [9.17, 15) is 4.39 Å². The van der Waals surface area contributed by atoms with Gasteiger partial charge in [0.05, 0.1) is 0 Å². The summed E-state index contributed by atoms with van der Waals surface area (Å²) in [6.45, 7) is 16.0. The van der Waals surface area contributed by atoms with Crippen molar-refractivity contribution in [2.75, 3.05) is 0 Å². The molecule has 0 saturated heterocycles. The van der Waals surface area contributed by atoms with Crippen molar-refractivity contribution >= 4 is 0 Å². The summed E-state index contributed by atoms with van der Waals surface area (Å²) in [5.74, 6) is 0.465. The lowest BCUT2D eigenvalue weighted by atomic mass is 9.59. The van der Waals surface area contributed by atoms with Gasteiger partial charge in [-0.15, -0.1) is 0 Å². The van der Waals surface area contributed by atoms with E-state index in [2.05, 4.69) is 33.9 Å². The molecular formula is C15H23F. The molecule has 0 amide bonds. The third kappa shape index (κ3) is 2.84. The minimum atomic E-state index is -1.18. The van der Waals surface area contributed by atoms with Crippen LogP contribution in [0, 0.1) is 11.3 Å². The zero-order valence-electron chi connectivity index (χ0n) is 10.9. The van der Waals surface area contributed by atoms with Gasteiger partial charge in [0.15, 0.2) is 0 Å². The molecule has 16 heavy (non-hydrogen) atoms. The molecule has 0 N–H and O–H groups in total. The Morgan fingerprint density at radius 2 is 1.75 bits per heavy atom. The Morgan fingerprint density at radius 3 is 2.12 bits per heavy atom. The normalized spacial score (nSPS) is 30.2. The van der Waals surface area contributed by atoms with Crippen LogP contribution in [0.25, 0.3) is 0 Å². The number of hydrogen-bond donors (Lipinski definition) is 0. The van der Waals surface area contributed by atoms with Crippen LogP contribution in [0.4, 0.5) is 4.39 Å². The highest BCUT2D eigenvalue weighted by atomic mass is 19.1. The molecular weight excluding hydrogens is 199 g/mol. The lowest BCUT2D eigenvalue weighted by Crippen LogP contribution is -2.46. The van der Waals surface area contributed by atoms with Gasteiger partial charge in [-0.2, -0.15) is 0 Å². The summed E-state index contributed by atoms with van der Waals surface area (Å²) in [4.78, 5) is 0. The van der Waals surface area contributed by atoms with Crippen LogP contribution in [-0.4, -0.2) is 5.67 Å². The van der Waals surface area contributed by atoms with Crippen molar-refractivity contribution in [3.8, 4) is 0 Å². The van der Waals surface area contributed by atoms with E-state index in [4.69, 9.17) is 0 Å². The highest BCUT2D eigenvalue weighted by Gasteiger charge is 2.50. The molecule has 1 rings (SSSR count). The fraction of sp³-hybridized carbons (Fsp3) is 0.600. The van der Waals surface area contributed by atoms with Crippen LogP contribution in [0.15, 0.2) is 36.5 Å². The minimum absolute atomic E-state index is 0.202. The molecule has 1 heteroatoms. The summed E-state index contributed by atoms with van der Waals surface area (Å²) in [7, 11) is 0. The van der Waals surface area contributed by atoms with Gasteiger partial charge in [-0.1, -0.05) is 51.7 Å². The van der Waals surface area contributed by atoms with E-state index in [0.717, 1.165) is 5.57 Å². The third-order valence-corrected chi connectivity index (χ3v) is 3.51. The van der Waals surface area contributed by atoms with Gasteiger partial charge in [-0.05, 0) is 36.7 Å². The Kier molecular flexibility index (Phi) is 3.47. The van der Waals surface area contributed by atoms with Gasteiger partial charge in [0.2, 0.25) is 0 Å². The van der Waals surface area contributed by atoms with Gasteiger partial charge >= 0.3 is 0 Å². The standard InChI is InChI=1S/C15H23F/c1-11(2)7-8-12(3)15(16)9-13(10-15)14(4,5)6/h7-8,13H,1,3,9-10H2,2,4-6H3/b8-7-. The zero-order valence-corrected chi connectivity index (χ0v) is 10.9. The molecule has 0 bridgehead atoms. The topological polar surface area (TPSA) is 0 Å². The molecule has 0 aromatic carbocycles. The van der Waals surface area contributed by atoms with E-state index in [1.165, 1.54) is 0 Å². The minimum Gasteiger partial charge on any atom is -0.239 e. The molecule has 0 unspecified atom stereocenters. The first kappa shape index (κ1) is 13.2. The van der Waals surface area contributed by atoms with Crippen LogP contribution in [0.2, 0.25) is 0 Å². The average molecular weight is 222 g/mol. The van der Waals surface area contributed by atoms with Crippen LogP contribution in [0.3, 0.4) is 0 Å². The molecule has 0 aliphatic heterocycles. The molecule has 1 aliphatic carbocycles. The van der Waals surface area contributed by atoms with Crippen LogP contribution in [0.5, 0.6) is 0 Å². The molecule has 1 aliphatic rings. The molecule has 0 nitrogen and oxygen atoms in total. The highest BCUT2D eigenvalue weighted by Crippen LogP contribution is 2.53. The van der Waals surface area contributed by atoms with Crippen LogP contribution in [0.1, 0.15) is 40.5 Å². The Balaban J connectivity index is 2.58. The molecule has 1 fully saturated rings. The Morgan fingerprint density at radius 1 is 1.25 bits per heavy atom. The number of rotatable bonds is 3. The van der Waals surface area contributed by atoms with Crippen LogP contribution >= 0.6 is 0 Å². The van der Waals surface area contributed by atoms with Crippen molar-refractivity contribution in [1.82, 2.24) is 0 Å². The van der Waals surface area contributed by atoms with Crippen molar-refractivity contribution in [2.45, 2.75) is 46.2 Å². The van der Waals surface area contributed by atoms with Crippen LogP contribution < -0.4 is 0 Å². The smallest absolute Gasteiger partial charge is 0.136 e. The van der Waals surface area contributed by atoms with E-state index in [-0.39, 0.29) is 5.41 Å². The van der Waals surface area contributed by atoms with E-state index in [1.54, 1.807) is 6.08 Å². The number of allylic oxidation sites excluding steroid dienone is 4. The van der Waals surface area contributed by atoms with Crippen molar-refractivity contribution in [1.29, 1.82) is 0 Å².